The number of alkyl carbamates (subject to hydrolysis) is 1. The van der Waals surface area contributed by atoms with Crippen molar-refractivity contribution in [2.24, 2.45) is 0 Å². The minimum atomic E-state index is -0.971. The van der Waals surface area contributed by atoms with Crippen LogP contribution in [0.5, 0.6) is 5.75 Å². The van der Waals surface area contributed by atoms with Gasteiger partial charge in [0, 0.05) is 12.1 Å². The molecule has 1 atom stereocenters. The van der Waals surface area contributed by atoms with Crippen LogP contribution >= 0.6 is 0 Å². The van der Waals surface area contributed by atoms with Crippen LogP contribution < -0.4 is 10.6 Å². The third-order valence-electron chi connectivity index (χ3n) is 5.34. The summed E-state index contributed by atoms with van der Waals surface area (Å²) in [6.07, 6.45) is 2.71. The van der Waals surface area contributed by atoms with Gasteiger partial charge in [0.25, 0.3) is 0 Å². The maximum Gasteiger partial charge on any atom is 0.408 e. The highest BCUT2D eigenvalue weighted by atomic mass is 16.6. The fourth-order valence-electron chi connectivity index (χ4n) is 3.34. The quantitative estimate of drug-likeness (QED) is 0.425. The molecular weight excluding hydrogens is 422 g/mol. The Morgan fingerprint density at radius 1 is 1.06 bits per heavy atom. The lowest BCUT2D eigenvalue weighted by Crippen LogP contribution is -2.56. The van der Waals surface area contributed by atoms with Gasteiger partial charge in [-0.05, 0) is 65.2 Å². The summed E-state index contributed by atoms with van der Waals surface area (Å²) in [7, 11) is 0. The van der Waals surface area contributed by atoms with Gasteiger partial charge in [-0.2, -0.15) is 0 Å². The Hall–Kier alpha value is -2.77. The molecule has 0 aliphatic heterocycles. The first-order valence-corrected chi connectivity index (χ1v) is 11.7. The lowest BCUT2D eigenvalue weighted by Gasteiger charge is -2.43. The van der Waals surface area contributed by atoms with Gasteiger partial charge in [0.2, 0.25) is 11.8 Å². The number of amides is 3. The Kier molecular flexibility index (Phi) is 10.7. The van der Waals surface area contributed by atoms with Gasteiger partial charge in [-0.15, -0.1) is 0 Å². The standard InChI is InChI=1S/C25H41N3O5/c1-8-10-11-15-26-22(31)21(18-13-12-14-19(29)16-18)28(25(6,7)9-2)20(30)17-27-23(32)33-24(3,4)5/h12-14,16,21,29H,8-11,15,17H2,1-7H3,(H,26,31)(H,27,32). The first kappa shape index (κ1) is 28.3. The van der Waals surface area contributed by atoms with Crippen LogP contribution in [-0.4, -0.2) is 52.1 Å². The zero-order chi connectivity index (χ0) is 25.2. The molecule has 0 aliphatic rings. The van der Waals surface area contributed by atoms with Crippen molar-refractivity contribution in [2.75, 3.05) is 13.1 Å². The van der Waals surface area contributed by atoms with E-state index in [1.54, 1.807) is 32.9 Å². The minimum absolute atomic E-state index is 0.00451. The van der Waals surface area contributed by atoms with Crippen LogP contribution in [0.2, 0.25) is 0 Å². The van der Waals surface area contributed by atoms with Crippen LogP contribution in [0.25, 0.3) is 0 Å². The van der Waals surface area contributed by atoms with Crippen LogP contribution in [0.4, 0.5) is 4.79 Å². The predicted molar refractivity (Wildman–Crippen MR) is 129 cm³/mol. The SMILES string of the molecule is CCCCCNC(=O)C(c1cccc(O)c1)N(C(=O)CNC(=O)OC(C)(C)C)C(C)(C)CC. The van der Waals surface area contributed by atoms with Crippen molar-refractivity contribution in [1.82, 2.24) is 15.5 Å². The molecule has 0 bridgehead atoms. The second kappa shape index (κ2) is 12.5. The summed E-state index contributed by atoms with van der Waals surface area (Å²) in [4.78, 5) is 40.4. The van der Waals surface area contributed by atoms with Crippen LogP contribution in [-0.2, 0) is 14.3 Å². The average molecular weight is 464 g/mol. The average Bonchev–Trinajstić information content (AvgIpc) is 2.71. The summed E-state index contributed by atoms with van der Waals surface area (Å²) >= 11 is 0. The number of benzene rings is 1. The Balaban J connectivity index is 3.26. The number of carbonyl (C=O) groups excluding carboxylic acids is 3. The number of rotatable bonds is 11. The van der Waals surface area contributed by atoms with Gasteiger partial charge >= 0.3 is 6.09 Å². The largest absolute Gasteiger partial charge is 0.508 e. The van der Waals surface area contributed by atoms with E-state index in [2.05, 4.69) is 17.6 Å². The molecule has 0 spiro atoms. The first-order valence-electron chi connectivity index (χ1n) is 11.7. The molecule has 1 aromatic carbocycles. The zero-order valence-corrected chi connectivity index (χ0v) is 21.2. The van der Waals surface area contributed by atoms with Crippen molar-refractivity contribution in [3.05, 3.63) is 29.8 Å². The molecule has 8 nitrogen and oxygen atoms in total. The second-order valence-electron chi connectivity index (χ2n) is 9.78. The predicted octanol–water partition coefficient (Wildman–Crippen LogP) is 4.28. The maximum atomic E-state index is 13.4. The lowest BCUT2D eigenvalue weighted by atomic mass is 9.93. The number of hydrogen-bond acceptors (Lipinski definition) is 5. The molecule has 8 heteroatoms. The van der Waals surface area contributed by atoms with Crippen molar-refractivity contribution in [3.8, 4) is 5.75 Å². The molecule has 1 aromatic rings. The normalized spacial score (nSPS) is 12.6. The number of aromatic hydroxyl groups is 1. The van der Waals surface area contributed by atoms with Crippen molar-refractivity contribution in [1.29, 1.82) is 0 Å². The molecular formula is C25H41N3O5. The summed E-state index contributed by atoms with van der Waals surface area (Å²) in [6.45, 7) is 13.1. The van der Waals surface area contributed by atoms with E-state index in [4.69, 9.17) is 4.74 Å². The topological polar surface area (TPSA) is 108 Å². The molecule has 0 saturated carbocycles. The third kappa shape index (κ3) is 9.32. The van der Waals surface area contributed by atoms with E-state index in [-0.39, 0.29) is 18.2 Å². The molecule has 1 rings (SSSR count). The highest BCUT2D eigenvalue weighted by Gasteiger charge is 2.40. The Morgan fingerprint density at radius 3 is 2.27 bits per heavy atom. The van der Waals surface area contributed by atoms with E-state index in [0.29, 0.717) is 18.5 Å². The zero-order valence-electron chi connectivity index (χ0n) is 21.2. The molecule has 0 aliphatic carbocycles. The number of phenols is 1. The van der Waals surface area contributed by atoms with E-state index >= 15 is 0 Å². The molecule has 3 N–H and O–H groups in total. The molecule has 0 saturated heterocycles. The number of phenolic OH excluding ortho intramolecular Hbond substituents is 1. The summed E-state index contributed by atoms with van der Waals surface area (Å²) in [5.74, 6) is -0.751. The fourth-order valence-corrected chi connectivity index (χ4v) is 3.34. The second-order valence-corrected chi connectivity index (χ2v) is 9.78. The third-order valence-corrected chi connectivity index (χ3v) is 5.34. The molecule has 33 heavy (non-hydrogen) atoms. The summed E-state index contributed by atoms with van der Waals surface area (Å²) < 4.78 is 5.23. The fraction of sp³-hybridized carbons (Fsp3) is 0.640. The number of nitrogens with zero attached hydrogens (tertiary/aromatic N) is 1. The first-order chi connectivity index (χ1) is 15.3. The molecule has 186 valence electrons. The number of hydrogen-bond donors (Lipinski definition) is 3. The summed E-state index contributed by atoms with van der Waals surface area (Å²) in [5.41, 5.74) is -0.906. The van der Waals surface area contributed by atoms with Gasteiger partial charge < -0.3 is 25.4 Å². The smallest absolute Gasteiger partial charge is 0.408 e. The van der Waals surface area contributed by atoms with Gasteiger partial charge in [0.05, 0.1) is 0 Å². The van der Waals surface area contributed by atoms with Crippen molar-refractivity contribution >= 4 is 17.9 Å². The summed E-state index contributed by atoms with van der Waals surface area (Å²) in [5, 5.41) is 15.5. The lowest BCUT2D eigenvalue weighted by molar-refractivity contribution is -0.146. The molecule has 0 radical (unpaired) electrons. The van der Waals surface area contributed by atoms with Crippen LogP contribution in [0.15, 0.2) is 24.3 Å². The minimum Gasteiger partial charge on any atom is -0.508 e. The van der Waals surface area contributed by atoms with Crippen LogP contribution in [0, 0.1) is 0 Å². The van der Waals surface area contributed by atoms with Crippen molar-refractivity contribution in [2.45, 2.75) is 91.3 Å². The molecule has 0 fully saturated rings. The number of unbranched alkanes of at least 4 members (excludes halogenated alkanes) is 2. The summed E-state index contributed by atoms with van der Waals surface area (Å²) in [6, 6.07) is 5.39. The molecule has 0 heterocycles. The number of carbonyl (C=O) groups is 3. The Bertz CT molecular complexity index is 801. The van der Waals surface area contributed by atoms with Crippen LogP contribution in [0.3, 0.4) is 0 Å². The molecule has 0 aromatic heterocycles. The van der Waals surface area contributed by atoms with E-state index in [1.165, 1.54) is 17.0 Å². The van der Waals surface area contributed by atoms with Gasteiger partial charge in [-0.1, -0.05) is 38.8 Å². The highest BCUT2D eigenvalue weighted by molar-refractivity contribution is 5.91. The van der Waals surface area contributed by atoms with Crippen molar-refractivity contribution < 1.29 is 24.2 Å². The van der Waals surface area contributed by atoms with Gasteiger partial charge in [0.15, 0.2) is 0 Å². The monoisotopic (exact) mass is 463 g/mol. The van der Waals surface area contributed by atoms with Gasteiger partial charge in [-0.3, -0.25) is 9.59 Å². The van der Waals surface area contributed by atoms with E-state index in [0.717, 1.165) is 19.3 Å². The highest BCUT2D eigenvalue weighted by Crippen LogP contribution is 2.32. The number of nitrogens with one attached hydrogen (secondary N) is 2. The van der Waals surface area contributed by atoms with E-state index in [9.17, 15) is 19.5 Å². The van der Waals surface area contributed by atoms with Gasteiger partial charge in [-0.25, -0.2) is 4.79 Å². The van der Waals surface area contributed by atoms with Crippen LogP contribution in [0.1, 0.15) is 85.8 Å². The maximum absolute atomic E-state index is 13.4. The Morgan fingerprint density at radius 2 is 1.73 bits per heavy atom. The molecule has 3 amide bonds. The molecule has 1 unspecified atom stereocenters. The van der Waals surface area contributed by atoms with Crippen molar-refractivity contribution in [3.63, 3.8) is 0 Å². The Labute approximate surface area is 198 Å². The number of ether oxygens (including phenoxy) is 1. The van der Waals surface area contributed by atoms with E-state index < -0.39 is 29.2 Å². The van der Waals surface area contributed by atoms with E-state index in [1.807, 2.05) is 20.8 Å². The van der Waals surface area contributed by atoms with Gasteiger partial charge in [0.1, 0.15) is 23.9 Å².